The minimum absolute atomic E-state index is 0.244. The molecule has 0 aromatic heterocycles. The summed E-state index contributed by atoms with van der Waals surface area (Å²) in [5.74, 6) is 0.285. The van der Waals surface area contributed by atoms with E-state index < -0.39 is 0 Å². The molecule has 0 saturated heterocycles. The zero-order valence-corrected chi connectivity index (χ0v) is 11.4. The van der Waals surface area contributed by atoms with Gasteiger partial charge in [-0.1, -0.05) is 12.8 Å². The van der Waals surface area contributed by atoms with Gasteiger partial charge in [0.05, 0.1) is 24.5 Å². The zero-order valence-electron chi connectivity index (χ0n) is 11.4. The van der Waals surface area contributed by atoms with Crippen molar-refractivity contribution in [2.24, 2.45) is 0 Å². The van der Waals surface area contributed by atoms with Crippen LogP contribution in [0.15, 0.2) is 18.2 Å². The van der Waals surface area contributed by atoms with Crippen LogP contribution in [-0.2, 0) is 4.74 Å². The molecule has 0 heterocycles. The fourth-order valence-corrected chi connectivity index (χ4v) is 2.44. The standard InChI is InChI=1S/C15H21NO3/c1-18-15(17)11-8-9-14(13(16)10-11)19-12-6-4-2-3-5-7-12/h8-10,12H,2-7,16H2,1H3. The lowest BCUT2D eigenvalue weighted by Gasteiger charge is -2.18. The first-order valence-corrected chi connectivity index (χ1v) is 6.85. The van der Waals surface area contributed by atoms with Crippen LogP contribution in [0.3, 0.4) is 0 Å². The van der Waals surface area contributed by atoms with Gasteiger partial charge in [-0.2, -0.15) is 0 Å². The van der Waals surface area contributed by atoms with Crippen LogP contribution < -0.4 is 10.5 Å². The van der Waals surface area contributed by atoms with Gasteiger partial charge in [0.1, 0.15) is 5.75 Å². The molecular formula is C15H21NO3. The maximum absolute atomic E-state index is 11.4. The minimum atomic E-state index is -0.382. The van der Waals surface area contributed by atoms with Gasteiger partial charge in [0.25, 0.3) is 0 Å². The third kappa shape index (κ3) is 3.63. The summed E-state index contributed by atoms with van der Waals surface area (Å²) in [6, 6.07) is 5.05. The summed E-state index contributed by atoms with van der Waals surface area (Å²) in [5, 5.41) is 0. The van der Waals surface area contributed by atoms with Crippen molar-refractivity contribution in [1.82, 2.24) is 0 Å². The van der Waals surface area contributed by atoms with Crippen LogP contribution in [0.4, 0.5) is 5.69 Å². The Morgan fingerprint density at radius 2 is 1.89 bits per heavy atom. The summed E-state index contributed by atoms with van der Waals surface area (Å²) in [6.07, 6.45) is 7.41. The molecule has 0 unspecified atom stereocenters. The number of anilines is 1. The topological polar surface area (TPSA) is 61.5 Å². The van der Waals surface area contributed by atoms with Crippen LogP contribution in [0.25, 0.3) is 0 Å². The molecule has 0 amide bonds. The van der Waals surface area contributed by atoms with Gasteiger partial charge < -0.3 is 15.2 Å². The average molecular weight is 263 g/mol. The number of hydrogen-bond acceptors (Lipinski definition) is 4. The SMILES string of the molecule is COC(=O)c1ccc(OC2CCCCCC2)c(N)c1. The molecule has 1 fully saturated rings. The number of nitrogens with two attached hydrogens (primary N) is 1. The predicted molar refractivity (Wildman–Crippen MR) is 74.3 cm³/mol. The largest absolute Gasteiger partial charge is 0.488 e. The minimum Gasteiger partial charge on any atom is -0.488 e. The Kier molecular flexibility index (Phi) is 4.66. The van der Waals surface area contributed by atoms with Crippen molar-refractivity contribution >= 4 is 11.7 Å². The van der Waals surface area contributed by atoms with E-state index >= 15 is 0 Å². The summed E-state index contributed by atoms with van der Waals surface area (Å²) in [5.41, 5.74) is 6.88. The van der Waals surface area contributed by atoms with E-state index in [1.54, 1.807) is 18.2 Å². The number of esters is 1. The number of carbonyl (C=O) groups is 1. The molecule has 1 saturated carbocycles. The highest BCUT2D eigenvalue weighted by Crippen LogP contribution is 2.28. The van der Waals surface area contributed by atoms with Crippen LogP contribution in [0.1, 0.15) is 48.9 Å². The summed E-state index contributed by atoms with van der Waals surface area (Å²) < 4.78 is 10.6. The van der Waals surface area contributed by atoms with Crippen molar-refractivity contribution in [1.29, 1.82) is 0 Å². The number of hydrogen-bond donors (Lipinski definition) is 1. The first-order valence-electron chi connectivity index (χ1n) is 6.85. The van der Waals surface area contributed by atoms with Gasteiger partial charge in [-0.25, -0.2) is 4.79 Å². The third-order valence-corrected chi connectivity index (χ3v) is 3.53. The van der Waals surface area contributed by atoms with Crippen molar-refractivity contribution in [3.63, 3.8) is 0 Å². The third-order valence-electron chi connectivity index (χ3n) is 3.53. The van der Waals surface area contributed by atoms with Crippen molar-refractivity contribution < 1.29 is 14.3 Å². The van der Waals surface area contributed by atoms with Crippen molar-refractivity contribution in [3.05, 3.63) is 23.8 Å². The molecule has 19 heavy (non-hydrogen) atoms. The Bertz CT molecular complexity index is 437. The number of benzene rings is 1. The second-order valence-electron chi connectivity index (χ2n) is 4.98. The molecule has 0 atom stereocenters. The smallest absolute Gasteiger partial charge is 0.337 e. The maximum Gasteiger partial charge on any atom is 0.337 e. The first kappa shape index (κ1) is 13.7. The van der Waals surface area contributed by atoms with E-state index in [-0.39, 0.29) is 12.1 Å². The highest BCUT2D eigenvalue weighted by molar-refractivity contribution is 5.90. The summed E-state index contributed by atoms with van der Waals surface area (Å²) in [6.45, 7) is 0. The van der Waals surface area contributed by atoms with E-state index in [4.69, 9.17) is 10.5 Å². The molecule has 1 aromatic carbocycles. The van der Waals surface area contributed by atoms with E-state index in [0.29, 0.717) is 17.0 Å². The summed E-state index contributed by atoms with van der Waals surface area (Å²) in [7, 11) is 1.36. The fraction of sp³-hybridized carbons (Fsp3) is 0.533. The molecule has 1 aliphatic rings. The van der Waals surface area contributed by atoms with E-state index in [1.165, 1.54) is 32.8 Å². The molecule has 104 valence electrons. The first-order chi connectivity index (χ1) is 9.20. The molecule has 1 aliphatic carbocycles. The molecule has 4 heteroatoms. The van der Waals surface area contributed by atoms with Crippen LogP contribution in [0.2, 0.25) is 0 Å². The van der Waals surface area contributed by atoms with Gasteiger partial charge in [-0.15, -0.1) is 0 Å². The molecule has 0 spiro atoms. The van der Waals surface area contributed by atoms with Crippen molar-refractivity contribution in [2.45, 2.75) is 44.6 Å². The predicted octanol–water partition coefficient (Wildman–Crippen LogP) is 3.16. The van der Waals surface area contributed by atoms with Crippen molar-refractivity contribution in [2.75, 3.05) is 12.8 Å². The van der Waals surface area contributed by atoms with E-state index in [1.807, 2.05) is 0 Å². The second kappa shape index (κ2) is 6.45. The molecule has 0 radical (unpaired) electrons. The Morgan fingerprint density at radius 3 is 2.47 bits per heavy atom. The van der Waals surface area contributed by atoms with Crippen LogP contribution in [-0.4, -0.2) is 19.2 Å². The van der Waals surface area contributed by atoms with Crippen LogP contribution >= 0.6 is 0 Å². The van der Waals surface area contributed by atoms with E-state index in [2.05, 4.69) is 4.74 Å². The van der Waals surface area contributed by atoms with Gasteiger partial charge in [-0.3, -0.25) is 0 Å². The Morgan fingerprint density at radius 1 is 1.21 bits per heavy atom. The maximum atomic E-state index is 11.4. The lowest BCUT2D eigenvalue weighted by atomic mass is 10.1. The molecular weight excluding hydrogens is 242 g/mol. The van der Waals surface area contributed by atoms with E-state index in [0.717, 1.165) is 12.8 Å². The van der Waals surface area contributed by atoms with Gasteiger partial charge in [-0.05, 0) is 43.9 Å². The monoisotopic (exact) mass is 263 g/mol. The Balaban J connectivity index is 2.05. The molecule has 2 rings (SSSR count). The van der Waals surface area contributed by atoms with Crippen molar-refractivity contribution in [3.8, 4) is 5.75 Å². The van der Waals surface area contributed by atoms with Gasteiger partial charge in [0, 0.05) is 0 Å². The lowest BCUT2D eigenvalue weighted by molar-refractivity contribution is 0.0600. The summed E-state index contributed by atoms with van der Waals surface area (Å²) in [4.78, 5) is 11.4. The highest BCUT2D eigenvalue weighted by Gasteiger charge is 2.16. The number of rotatable bonds is 3. The molecule has 0 bridgehead atoms. The number of methoxy groups -OCH3 is 1. The van der Waals surface area contributed by atoms with Gasteiger partial charge in [0.2, 0.25) is 0 Å². The van der Waals surface area contributed by atoms with E-state index in [9.17, 15) is 4.79 Å². The van der Waals surface area contributed by atoms with Crippen LogP contribution in [0.5, 0.6) is 5.75 Å². The average Bonchev–Trinajstić information content (AvgIpc) is 2.68. The molecule has 2 N–H and O–H groups in total. The second-order valence-corrected chi connectivity index (χ2v) is 4.98. The number of nitrogen functional groups attached to an aromatic ring is 1. The molecule has 0 aliphatic heterocycles. The quantitative estimate of drug-likeness (QED) is 0.517. The number of carbonyl (C=O) groups excluding carboxylic acids is 1. The Hall–Kier alpha value is -1.71. The highest BCUT2D eigenvalue weighted by atomic mass is 16.5. The lowest BCUT2D eigenvalue weighted by Crippen LogP contribution is -2.16. The molecule has 4 nitrogen and oxygen atoms in total. The fourth-order valence-electron chi connectivity index (χ4n) is 2.44. The van der Waals surface area contributed by atoms with Crippen LogP contribution in [0, 0.1) is 0 Å². The normalized spacial score (nSPS) is 16.7. The number of ether oxygens (including phenoxy) is 2. The Labute approximate surface area is 113 Å². The van der Waals surface area contributed by atoms with Gasteiger partial charge in [0.15, 0.2) is 0 Å². The molecule has 1 aromatic rings. The zero-order chi connectivity index (χ0) is 13.7. The summed E-state index contributed by atoms with van der Waals surface area (Å²) >= 11 is 0. The van der Waals surface area contributed by atoms with Gasteiger partial charge >= 0.3 is 5.97 Å².